The summed E-state index contributed by atoms with van der Waals surface area (Å²) in [6.45, 7) is 8.97. The minimum absolute atomic E-state index is 0.227. The molecular weight excluding hydrogens is 288 g/mol. The van der Waals surface area contributed by atoms with Crippen LogP contribution in [0.25, 0.3) is 10.9 Å². The molecule has 1 saturated heterocycles. The third-order valence-electron chi connectivity index (χ3n) is 4.42. The molecule has 0 radical (unpaired) electrons. The maximum Gasteiger partial charge on any atom is 0.224 e. The molecule has 0 saturated carbocycles. The zero-order valence-electron chi connectivity index (χ0n) is 13.5. The Morgan fingerprint density at radius 3 is 2.96 bits per heavy atom. The van der Waals surface area contributed by atoms with Gasteiger partial charge >= 0.3 is 0 Å². The third kappa shape index (κ3) is 3.79. The van der Waals surface area contributed by atoms with Crippen LogP contribution in [0.2, 0.25) is 0 Å². The molecule has 0 aliphatic carbocycles. The fraction of sp³-hybridized carbons (Fsp3) is 0.444. The number of fused-ring (bicyclic) bond motifs is 1. The Bertz CT molecular complexity index is 678. The highest BCUT2D eigenvalue weighted by Gasteiger charge is 2.18. The smallest absolute Gasteiger partial charge is 0.224 e. The number of para-hydroxylation sites is 1. The van der Waals surface area contributed by atoms with Gasteiger partial charge in [0.2, 0.25) is 5.91 Å². The number of benzene rings is 1. The van der Waals surface area contributed by atoms with Gasteiger partial charge < -0.3 is 4.90 Å². The van der Waals surface area contributed by atoms with Crippen LogP contribution in [0.5, 0.6) is 0 Å². The summed E-state index contributed by atoms with van der Waals surface area (Å²) in [6.07, 6.45) is 5.33. The second-order valence-electron chi connectivity index (χ2n) is 6.00. The Kier molecular flexibility index (Phi) is 5.08. The maximum atomic E-state index is 12.5. The molecule has 0 atom stereocenters. The van der Waals surface area contributed by atoms with E-state index in [0.717, 1.165) is 50.0 Å². The zero-order chi connectivity index (χ0) is 16.1. The molecule has 0 unspecified atom stereocenters. The molecule has 23 heavy (non-hydrogen) atoms. The first-order valence-electron chi connectivity index (χ1n) is 8.29. The Morgan fingerprint density at radius 2 is 2.09 bits per heavy atom. The highest BCUT2D eigenvalue weighted by molar-refractivity contribution is 5.79. The van der Waals surface area contributed by atoms with Crippen molar-refractivity contribution < 1.29 is 4.79 Å². The van der Waals surface area contributed by atoms with E-state index in [9.17, 15) is 4.79 Å². The lowest BCUT2D eigenvalue weighted by Gasteiger charge is -2.21. The normalized spacial score (nSPS) is 16.4. The Balaban J connectivity index is 1.56. The van der Waals surface area contributed by atoms with Crippen LogP contribution in [0.1, 0.15) is 12.8 Å². The van der Waals surface area contributed by atoms with Gasteiger partial charge in [-0.1, -0.05) is 24.3 Å². The molecule has 1 aliphatic heterocycles. The van der Waals surface area contributed by atoms with Crippen LogP contribution in [-0.2, 0) is 11.3 Å². The summed E-state index contributed by atoms with van der Waals surface area (Å²) < 4.78 is 1.93. The van der Waals surface area contributed by atoms with E-state index in [1.165, 1.54) is 0 Å². The van der Waals surface area contributed by atoms with Gasteiger partial charge in [0.15, 0.2) is 0 Å². The number of carbonyl (C=O) groups excluding carboxylic acids is 1. The van der Waals surface area contributed by atoms with Gasteiger partial charge in [0.25, 0.3) is 0 Å². The number of hydrogen-bond donors (Lipinski definition) is 0. The lowest BCUT2D eigenvalue weighted by atomic mass is 10.2. The number of hydrogen-bond acceptors (Lipinski definition) is 3. The lowest BCUT2D eigenvalue weighted by Crippen LogP contribution is -2.35. The first-order chi connectivity index (χ1) is 11.3. The van der Waals surface area contributed by atoms with Crippen molar-refractivity contribution in [1.82, 2.24) is 19.6 Å². The van der Waals surface area contributed by atoms with Gasteiger partial charge in [-0.05, 0) is 12.5 Å². The quantitative estimate of drug-likeness (QED) is 0.794. The number of nitrogens with zero attached hydrogens (tertiary/aromatic N) is 4. The predicted molar refractivity (Wildman–Crippen MR) is 92.2 cm³/mol. The van der Waals surface area contributed by atoms with Crippen molar-refractivity contribution in [3.8, 4) is 0 Å². The highest BCUT2D eigenvalue weighted by Crippen LogP contribution is 2.13. The van der Waals surface area contributed by atoms with E-state index in [0.29, 0.717) is 13.0 Å². The summed E-state index contributed by atoms with van der Waals surface area (Å²) in [6, 6.07) is 8.10. The van der Waals surface area contributed by atoms with E-state index < -0.39 is 0 Å². The van der Waals surface area contributed by atoms with Gasteiger partial charge in [-0.15, -0.1) is 6.58 Å². The van der Waals surface area contributed by atoms with Crippen LogP contribution in [-0.4, -0.2) is 58.2 Å². The number of aryl methyl sites for hydroxylation is 1. The van der Waals surface area contributed by atoms with Gasteiger partial charge in [0.05, 0.1) is 18.3 Å². The maximum absolute atomic E-state index is 12.5. The van der Waals surface area contributed by atoms with E-state index >= 15 is 0 Å². The van der Waals surface area contributed by atoms with Crippen molar-refractivity contribution in [2.75, 3.05) is 32.7 Å². The zero-order valence-corrected chi connectivity index (χ0v) is 13.5. The average molecular weight is 312 g/mol. The van der Waals surface area contributed by atoms with Crippen LogP contribution < -0.4 is 0 Å². The van der Waals surface area contributed by atoms with Crippen molar-refractivity contribution in [3.05, 3.63) is 43.1 Å². The summed E-state index contributed by atoms with van der Waals surface area (Å²) in [5.41, 5.74) is 1.09. The Hall–Kier alpha value is -2.14. The van der Waals surface area contributed by atoms with Crippen LogP contribution >= 0.6 is 0 Å². The summed E-state index contributed by atoms with van der Waals surface area (Å²) >= 11 is 0. The molecule has 0 N–H and O–H groups in total. The molecule has 0 spiro atoms. The van der Waals surface area contributed by atoms with Crippen molar-refractivity contribution in [3.63, 3.8) is 0 Å². The second-order valence-corrected chi connectivity index (χ2v) is 6.00. The molecule has 122 valence electrons. The molecule has 0 bridgehead atoms. The topological polar surface area (TPSA) is 41.4 Å². The third-order valence-corrected chi connectivity index (χ3v) is 4.42. The van der Waals surface area contributed by atoms with Gasteiger partial charge in [-0.2, -0.15) is 5.10 Å². The van der Waals surface area contributed by atoms with Crippen molar-refractivity contribution in [2.45, 2.75) is 19.4 Å². The molecule has 2 aromatic rings. The van der Waals surface area contributed by atoms with E-state index in [2.05, 4.69) is 16.6 Å². The largest absolute Gasteiger partial charge is 0.341 e. The number of amides is 1. The molecular formula is C18H24N4O. The van der Waals surface area contributed by atoms with E-state index in [1.54, 1.807) is 0 Å². The monoisotopic (exact) mass is 312 g/mol. The number of carbonyl (C=O) groups is 1. The average Bonchev–Trinajstić information content (AvgIpc) is 2.83. The minimum atomic E-state index is 0.227. The molecule has 5 heteroatoms. The Labute approximate surface area is 137 Å². The van der Waals surface area contributed by atoms with Gasteiger partial charge in [0, 0.05) is 44.5 Å². The molecule has 2 heterocycles. The molecule has 3 rings (SSSR count). The number of rotatable bonds is 5. The Morgan fingerprint density at radius 1 is 1.22 bits per heavy atom. The fourth-order valence-corrected chi connectivity index (χ4v) is 3.15. The van der Waals surface area contributed by atoms with E-state index in [1.807, 2.05) is 46.1 Å². The molecule has 1 aromatic heterocycles. The van der Waals surface area contributed by atoms with Gasteiger partial charge in [0.1, 0.15) is 0 Å². The highest BCUT2D eigenvalue weighted by atomic mass is 16.2. The van der Waals surface area contributed by atoms with Gasteiger partial charge in [-0.25, -0.2) is 0 Å². The van der Waals surface area contributed by atoms with Crippen LogP contribution in [0.3, 0.4) is 0 Å². The van der Waals surface area contributed by atoms with Crippen LogP contribution in [0.4, 0.5) is 0 Å². The first-order valence-corrected chi connectivity index (χ1v) is 8.29. The predicted octanol–water partition coefficient (Wildman–Crippen LogP) is 2.15. The van der Waals surface area contributed by atoms with Crippen LogP contribution in [0, 0.1) is 0 Å². The lowest BCUT2D eigenvalue weighted by molar-refractivity contribution is -0.131. The summed E-state index contributed by atoms with van der Waals surface area (Å²) in [7, 11) is 0. The molecule has 1 fully saturated rings. The molecule has 5 nitrogen and oxygen atoms in total. The minimum Gasteiger partial charge on any atom is -0.341 e. The number of aromatic nitrogens is 2. The van der Waals surface area contributed by atoms with Crippen molar-refractivity contribution in [1.29, 1.82) is 0 Å². The first kappa shape index (κ1) is 15.7. The molecule has 1 aliphatic rings. The van der Waals surface area contributed by atoms with Crippen LogP contribution in [0.15, 0.2) is 43.1 Å². The van der Waals surface area contributed by atoms with Gasteiger partial charge in [-0.3, -0.25) is 14.4 Å². The fourth-order valence-electron chi connectivity index (χ4n) is 3.15. The molecule has 1 amide bonds. The van der Waals surface area contributed by atoms with Crippen molar-refractivity contribution in [2.24, 2.45) is 0 Å². The summed E-state index contributed by atoms with van der Waals surface area (Å²) in [4.78, 5) is 16.8. The second kappa shape index (κ2) is 7.42. The summed E-state index contributed by atoms with van der Waals surface area (Å²) in [5.74, 6) is 0.227. The SMILES string of the molecule is C=CCN1CCCN(C(=O)CCn2ncc3ccccc32)CC1. The standard InChI is InChI=1S/C18H24N4O/c1-2-9-20-10-5-11-21(14-13-20)18(23)8-12-22-17-7-4-3-6-16(17)15-19-22/h2-4,6-7,15H,1,5,8-14H2. The van der Waals surface area contributed by atoms with E-state index in [4.69, 9.17) is 0 Å². The molecule has 1 aromatic carbocycles. The summed E-state index contributed by atoms with van der Waals surface area (Å²) in [5, 5.41) is 5.51. The van der Waals surface area contributed by atoms with Crippen molar-refractivity contribution >= 4 is 16.8 Å². The van der Waals surface area contributed by atoms with E-state index in [-0.39, 0.29) is 5.91 Å².